The Morgan fingerprint density at radius 2 is 2.24 bits per heavy atom. The van der Waals surface area contributed by atoms with Gasteiger partial charge in [-0.25, -0.2) is 4.98 Å². The number of nitrogens with two attached hydrogens (primary N) is 1. The monoisotopic (exact) mass is 233 g/mol. The van der Waals surface area contributed by atoms with Crippen molar-refractivity contribution in [3.63, 3.8) is 0 Å². The van der Waals surface area contributed by atoms with Crippen molar-refractivity contribution >= 4 is 0 Å². The second-order valence-electron chi connectivity index (χ2n) is 4.18. The van der Waals surface area contributed by atoms with Gasteiger partial charge in [0.15, 0.2) is 0 Å². The molecule has 0 bridgehead atoms. The maximum absolute atomic E-state index is 5.46. The molecule has 2 heterocycles. The van der Waals surface area contributed by atoms with E-state index in [-0.39, 0.29) is 0 Å². The van der Waals surface area contributed by atoms with Crippen LogP contribution in [0.15, 0.2) is 18.5 Å². The zero-order valence-corrected chi connectivity index (χ0v) is 10.2. The Kier molecular flexibility index (Phi) is 3.93. The smallest absolute Gasteiger partial charge is 0.106 e. The van der Waals surface area contributed by atoms with Gasteiger partial charge in [0.05, 0.1) is 17.6 Å². The molecule has 0 aromatic carbocycles. The van der Waals surface area contributed by atoms with Gasteiger partial charge in [-0.05, 0) is 25.5 Å². The first-order chi connectivity index (χ1) is 8.31. The molecule has 0 aliphatic heterocycles. The molecule has 17 heavy (non-hydrogen) atoms. The van der Waals surface area contributed by atoms with E-state index >= 15 is 0 Å². The van der Waals surface area contributed by atoms with Gasteiger partial charge >= 0.3 is 0 Å². The highest BCUT2D eigenvalue weighted by Crippen LogP contribution is 2.16. The summed E-state index contributed by atoms with van der Waals surface area (Å²) in [5.74, 6) is 1.04. The summed E-state index contributed by atoms with van der Waals surface area (Å²) >= 11 is 0. The molecule has 3 N–H and O–H groups in total. The number of H-pyrrole nitrogens is 1. The third-order valence-corrected chi connectivity index (χ3v) is 2.84. The standard InChI is InChI=1S/C12H19N5/c1-17-11(6-8-15-17)10-9-14-12(16-10)5-3-2-4-7-13/h6,8-9H,2-5,7,13H2,1H3,(H,14,16). The molecule has 0 aliphatic rings. The lowest BCUT2D eigenvalue weighted by atomic mass is 10.2. The largest absolute Gasteiger partial charge is 0.341 e. The van der Waals surface area contributed by atoms with E-state index in [4.69, 9.17) is 5.73 Å². The van der Waals surface area contributed by atoms with Crippen molar-refractivity contribution in [3.05, 3.63) is 24.3 Å². The lowest BCUT2D eigenvalue weighted by Gasteiger charge is -1.98. The number of aryl methyl sites for hydroxylation is 2. The molecule has 5 heteroatoms. The second-order valence-corrected chi connectivity index (χ2v) is 4.18. The third kappa shape index (κ3) is 2.94. The summed E-state index contributed by atoms with van der Waals surface area (Å²) < 4.78 is 1.84. The van der Waals surface area contributed by atoms with Gasteiger partial charge in [-0.1, -0.05) is 6.42 Å². The Bertz CT molecular complexity index is 457. The van der Waals surface area contributed by atoms with Crippen LogP contribution in [0, 0.1) is 0 Å². The van der Waals surface area contributed by atoms with E-state index in [1.165, 1.54) is 0 Å². The SMILES string of the molecule is Cn1nccc1-c1cnc(CCCCCN)[nH]1. The quantitative estimate of drug-likeness (QED) is 0.742. The van der Waals surface area contributed by atoms with Crippen LogP contribution in [-0.2, 0) is 13.5 Å². The molecule has 0 radical (unpaired) electrons. The van der Waals surface area contributed by atoms with Gasteiger partial charge in [-0.2, -0.15) is 5.10 Å². The molecular weight excluding hydrogens is 214 g/mol. The number of aromatic amines is 1. The molecule has 0 fully saturated rings. The zero-order chi connectivity index (χ0) is 12.1. The molecule has 92 valence electrons. The minimum Gasteiger partial charge on any atom is -0.341 e. The number of hydrogen-bond acceptors (Lipinski definition) is 3. The van der Waals surface area contributed by atoms with Crippen LogP contribution in [0.3, 0.4) is 0 Å². The summed E-state index contributed by atoms with van der Waals surface area (Å²) in [6.45, 7) is 0.776. The van der Waals surface area contributed by atoms with Crippen LogP contribution in [-0.4, -0.2) is 26.3 Å². The molecule has 0 amide bonds. The Balaban J connectivity index is 1.95. The molecule has 0 aliphatic carbocycles. The molecule has 2 rings (SSSR count). The normalized spacial score (nSPS) is 10.9. The number of nitrogens with zero attached hydrogens (tertiary/aromatic N) is 3. The lowest BCUT2D eigenvalue weighted by molar-refractivity contribution is 0.673. The van der Waals surface area contributed by atoms with E-state index < -0.39 is 0 Å². The number of imidazole rings is 1. The molecule has 5 nitrogen and oxygen atoms in total. The van der Waals surface area contributed by atoms with Crippen molar-refractivity contribution in [3.8, 4) is 11.4 Å². The molecule has 0 saturated heterocycles. The average Bonchev–Trinajstić information content (AvgIpc) is 2.93. The maximum atomic E-state index is 5.46. The minimum atomic E-state index is 0.776. The highest BCUT2D eigenvalue weighted by Gasteiger charge is 2.06. The Labute approximate surface area is 101 Å². The van der Waals surface area contributed by atoms with E-state index in [0.29, 0.717) is 0 Å². The fourth-order valence-electron chi connectivity index (χ4n) is 1.87. The third-order valence-electron chi connectivity index (χ3n) is 2.84. The summed E-state index contributed by atoms with van der Waals surface area (Å²) in [7, 11) is 1.93. The fraction of sp³-hybridized carbons (Fsp3) is 0.500. The van der Waals surface area contributed by atoms with E-state index in [1.54, 1.807) is 6.20 Å². The first kappa shape index (κ1) is 11.9. The summed E-state index contributed by atoms with van der Waals surface area (Å²) in [4.78, 5) is 7.71. The molecule has 0 spiro atoms. The number of hydrogen-bond donors (Lipinski definition) is 2. The van der Waals surface area contributed by atoms with E-state index in [9.17, 15) is 0 Å². The van der Waals surface area contributed by atoms with Gasteiger partial charge in [-0.3, -0.25) is 4.68 Å². The summed E-state index contributed by atoms with van der Waals surface area (Å²) in [6, 6.07) is 1.98. The number of nitrogens with one attached hydrogen (secondary N) is 1. The highest BCUT2D eigenvalue weighted by molar-refractivity contribution is 5.52. The van der Waals surface area contributed by atoms with E-state index in [0.717, 1.165) is 49.4 Å². The van der Waals surface area contributed by atoms with Gasteiger partial charge in [0.1, 0.15) is 5.82 Å². The Morgan fingerprint density at radius 3 is 2.94 bits per heavy atom. The van der Waals surface area contributed by atoms with Crippen LogP contribution in [0.1, 0.15) is 25.1 Å². The summed E-state index contributed by atoms with van der Waals surface area (Å²) in [5.41, 5.74) is 7.55. The van der Waals surface area contributed by atoms with Crippen LogP contribution in [0.4, 0.5) is 0 Å². The van der Waals surface area contributed by atoms with Gasteiger partial charge in [0.2, 0.25) is 0 Å². The fourth-order valence-corrected chi connectivity index (χ4v) is 1.87. The van der Waals surface area contributed by atoms with Crippen molar-refractivity contribution in [1.29, 1.82) is 0 Å². The first-order valence-corrected chi connectivity index (χ1v) is 6.03. The second kappa shape index (κ2) is 5.63. The number of unbranched alkanes of at least 4 members (excludes halogenated alkanes) is 2. The van der Waals surface area contributed by atoms with Crippen LogP contribution >= 0.6 is 0 Å². The van der Waals surface area contributed by atoms with Crippen molar-refractivity contribution in [2.75, 3.05) is 6.54 Å². The van der Waals surface area contributed by atoms with Crippen molar-refractivity contribution in [2.24, 2.45) is 12.8 Å². The van der Waals surface area contributed by atoms with Crippen molar-refractivity contribution in [1.82, 2.24) is 19.7 Å². The van der Waals surface area contributed by atoms with Crippen molar-refractivity contribution < 1.29 is 0 Å². The van der Waals surface area contributed by atoms with Gasteiger partial charge in [0.25, 0.3) is 0 Å². The molecule has 2 aromatic rings. The van der Waals surface area contributed by atoms with Crippen LogP contribution in [0.5, 0.6) is 0 Å². The molecule has 2 aromatic heterocycles. The zero-order valence-electron chi connectivity index (χ0n) is 10.2. The Hall–Kier alpha value is -1.62. The highest BCUT2D eigenvalue weighted by atomic mass is 15.3. The van der Waals surface area contributed by atoms with Gasteiger partial charge in [0, 0.05) is 19.7 Å². The first-order valence-electron chi connectivity index (χ1n) is 6.03. The average molecular weight is 233 g/mol. The number of rotatable bonds is 6. The van der Waals surface area contributed by atoms with Crippen LogP contribution in [0.25, 0.3) is 11.4 Å². The number of aromatic nitrogens is 4. The van der Waals surface area contributed by atoms with Crippen LogP contribution in [0.2, 0.25) is 0 Å². The molecular formula is C12H19N5. The molecule has 0 unspecified atom stereocenters. The molecule has 0 atom stereocenters. The minimum absolute atomic E-state index is 0.776. The summed E-state index contributed by atoms with van der Waals surface area (Å²) in [5, 5.41) is 4.14. The molecule has 0 saturated carbocycles. The van der Waals surface area contributed by atoms with E-state index in [2.05, 4.69) is 15.1 Å². The maximum Gasteiger partial charge on any atom is 0.106 e. The summed E-state index contributed by atoms with van der Waals surface area (Å²) in [6.07, 6.45) is 8.04. The lowest BCUT2D eigenvalue weighted by Crippen LogP contribution is -1.98. The van der Waals surface area contributed by atoms with E-state index in [1.807, 2.05) is 24.0 Å². The Morgan fingerprint density at radius 1 is 1.35 bits per heavy atom. The van der Waals surface area contributed by atoms with Crippen LogP contribution < -0.4 is 5.73 Å². The van der Waals surface area contributed by atoms with Gasteiger partial charge in [-0.15, -0.1) is 0 Å². The predicted molar refractivity (Wildman–Crippen MR) is 67.4 cm³/mol. The van der Waals surface area contributed by atoms with Crippen molar-refractivity contribution in [2.45, 2.75) is 25.7 Å². The predicted octanol–water partition coefficient (Wildman–Crippen LogP) is 1.48. The van der Waals surface area contributed by atoms with Gasteiger partial charge < -0.3 is 10.7 Å². The topological polar surface area (TPSA) is 72.5 Å².